The Morgan fingerprint density at radius 1 is 0.833 bits per heavy atom. The Balaban J connectivity index is 1.54. The number of nitrogens with one attached hydrogen (secondary N) is 2. The third-order valence-electron chi connectivity index (χ3n) is 6.39. The lowest BCUT2D eigenvalue weighted by Gasteiger charge is -2.30. The topological polar surface area (TPSA) is 79.9 Å². The van der Waals surface area contributed by atoms with E-state index < -0.39 is 0 Å². The van der Waals surface area contributed by atoms with Crippen LogP contribution >= 0.6 is 0 Å². The Hall–Kier alpha value is -4.00. The van der Waals surface area contributed by atoms with Crippen LogP contribution in [0.2, 0.25) is 0 Å². The van der Waals surface area contributed by atoms with Crippen molar-refractivity contribution in [3.05, 3.63) is 83.4 Å². The van der Waals surface area contributed by atoms with Gasteiger partial charge < -0.3 is 25.0 Å². The molecule has 0 aliphatic carbocycles. The van der Waals surface area contributed by atoms with E-state index in [1.807, 2.05) is 30.3 Å². The number of anilines is 2. The zero-order chi connectivity index (χ0) is 25.3. The van der Waals surface area contributed by atoms with E-state index in [1.165, 1.54) is 19.1 Å². The quantitative estimate of drug-likeness (QED) is 0.448. The third kappa shape index (κ3) is 6.16. The van der Waals surface area contributed by atoms with Gasteiger partial charge in [0.1, 0.15) is 11.5 Å². The van der Waals surface area contributed by atoms with Gasteiger partial charge in [-0.15, -0.1) is 0 Å². The van der Waals surface area contributed by atoms with Gasteiger partial charge in [0.25, 0.3) is 11.8 Å². The molecule has 0 saturated carbocycles. The molecule has 0 aromatic heterocycles. The molecule has 1 fully saturated rings. The van der Waals surface area contributed by atoms with Crippen LogP contribution in [0.5, 0.6) is 11.5 Å². The second-order valence-electron chi connectivity index (χ2n) is 8.79. The van der Waals surface area contributed by atoms with E-state index in [4.69, 9.17) is 9.47 Å². The molecule has 0 atom stereocenters. The number of rotatable bonds is 9. The molecule has 3 aromatic carbocycles. The molecule has 0 bridgehead atoms. The molecule has 0 radical (unpaired) electrons. The Morgan fingerprint density at radius 3 is 2.33 bits per heavy atom. The fourth-order valence-corrected chi connectivity index (χ4v) is 4.45. The Bertz CT molecular complexity index is 1190. The van der Waals surface area contributed by atoms with Crippen LogP contribution in [0, 0.1) is 0 Å². The maximum atomic E-state index is 13.3. The molecule has 0 unspecified atom stereocenters. The molecule has 7 heteroatoms. The summed E-state index contributed by atoms with van der Waals surface area (Å²) in [6.07, 6.45) is 4.15. The predicted octanol–water partition coefficient (Wildman–Crippen LogP) is 4.92. The van der Waals surface area contributed by atoms with Crippen LogP contribution in [-0.2, 0) is 6.42 Å². The number of hydrogen-bond acceptors (Lipinski definition) is 5. The van der Waals surface area contributed by atoms with Crippen molar-refractivity contribution in [2.45, 2.75) is 25.7 Å². The van der Waals surface area contributed by atoms with Gasteiger partial charge in [-0.1, -0.05) is 30.3 Å². The van der Waals surface area contributed by atoms with Gasteiger partial charge in [-0.05, 0) is 61.6 Å². The molecule has 1 aliphatic heterocycles. The highest BCUT2D eigenvalue weighted by Crippen LogP contribution is 2.29. The molecule has 1 aliphatic rings. The normalized spacial score (nSPS) is 13.1. The fraction of sp³-hybridized carbons (Fsp3) is 0.310. The molecule has 1 saturated heterocycles. The van der Waals surface area contributed by atoms with Gasteiger partial charge in [-0.3, -0.25) is 9.59 Å². The van der Waals surface area contributed by atoms with Gasteiger partial charge in [0, 0.05) is 37.1 Å². The minimum absolute atomic E-state index is 0.148. The molecule has 2 amide bonds. The lowest BCUT2D eigenvalue weighted by molar-refractivity contribution is 0.0953. The summed E-state index contributed by atoms with van der Waals surface area (Å²) in [7, 11) is 3.07. The predicted molar refractivity (Wildman–Crippen MR) is 142 cm³/mol. The maximum Gasteiger partial charge on any atom is 0.259 e. The van der Waals surface area contributed by atoms with Crippen molar-refractivity contribution < 1.29 is 19.1 Å². The van der Waals surface area contributed by atoms with E-state index in [9.17, 15) is 9.59 Å². The number of carbonyl (C=O) groups excluding carboxylic acids is 2. The van der Waals surface area contributed by atoms with E-state index in [2.05, 4.69) is 27.7 Å². The second kappa shape index (κ2) is 12.1. The number of benzene rings is 3. The molecule has 36 heavy (non-hydrogen) atoms. The average molecular weight is 488 g/mol. The van der Waals surface area contributed by atoms with Crippen molar-refractivity contribution in [1.29, 1.82) is 0 Å². The van der Waals surface area contributed by atoms with E-state index in [0.29, 0.717) is 34.9 Å². The minimum Gasteiger partial charge on any atom is -0.497 e. The smallest absolute Gasteiger partial charge is 0.259 e. The number of nitrogens with zero attached hydrogens (tertiary/aromatic N) is 1. The largest absolute Gasteiger partial charge is 0.497 e. The van der Waals surface area contributed by atoms with Crippen molar-refractivity contribution in [2.75, 3.05) is 44.1 Å². The first-order chi connectivity index (χ1) is 17.6. The number of hydrogen-bond donors (Lipinski definition) is 2. The lowest BCUT2D eigenvalue weighted by atomic mass is 10.1. The van der Waals surface area contributed by atoms with Gasteiger partial charge in [-0.2, -0.15) is 0 Å². The van der Waals surface area contributed by atoms with Crippen LogP contribution in [0.4, 0.5) is 11.4 Å². The third-order valence-corrected chi connectivity index (χ3v) is 6.39. The average Bonchev–Trinajstić information content (AvgIpc) is 2.93. The fourth-order valence-electron chi connectivity index (χ4n) is 4.45. The first kappa shape index (κ1) is 25.1. The summed E-state index contributed by atoms with van der Waals surface area (Å²) in [5.41, 5.74) is 3.55. The van der Waals surface area contributed by atoms with Crippen LogP contribution in [0.3, 0.4) is 0 Å². The summed E-state index contributed by atoms with van der Waals surface area (Å²) in [5, 5.41) is 5.98. The van der Waals surface area contributed by atoms with Gasteiger partial charge in [0.05, 0.1) is 25.3 Å². The van der Waals surface area contributed by atoms with Gasteiger partial charge in [0.2, 0.25) is 0 Å². The monoisotopic (exact) mass is 487 g/mol. The van der Waals surface area contributed by atoms with Crippen molar-refractivity contribution in [1.82, 2.24) is 5.32 Å². The zero-order valence-corrected chi connectivity index (χ0v) is 20.9. The maximum absolute atomic E-state index is 13.3. The summed E-state index contributed by atoms with van der Waals surface area (Å²) < 4.78 is 10.6. The number of amides is 2. The van der Waals surface area contributed by atoms with Gasteiger partial charge in [-0.25, -0.2) is 0 Å². The number of ether oxygens (including phenoxy) is 2. The van der Waals surface area contributed by atoms with Crippen molar-refractivity contribution >= 4 is 23.2 Å². The van der Waals surface area contributed by atoms with Crippen molar-refractivity contribution in [3.63, 3.8) is 0 Å². The van der Waals surface area contributed by atoms with Crippen LogP contribution in [-0.4, -0.2) is 45.7 Å². The summed E-state index contributed by atoms with van der Waals surface area (Å²) in [6.45, 7) is 2.36. The SMILES string of the molecule is COc1ccc(C(=O)Nc2ccc(N3CCCCC3)c(C(=O)NCCc3ccccc3)c2)c(OC)c1. The van der Waals surface area contributed by atoms with Crippen LogP contribution in [0.25, 0.3) is 0 Å². The van der Waals surface area contributed by atoms with Crippen LogP contribution in [0.15, 0.2) is 66.7 Å². The number of carbonyl (C=O) groups is 2. The van der Waals surface area contributed by atoms with Crippen molar-refractivity contribution in [3.8, 4) is 11.5 Å². The number of piperidine rings is 1. The molecule has 188 valence electrons. The van der Waals surface area contributed by atoms with Crippen molar-refractivity contribution in [2.24, 2.45) is 0 Å². The van der Waals surface area contributed by atoms with Gasteiger partial charge in [0.15, 0.2) is 0 Å². The highest BCUT2D eigenvalue weighted by molar-refractivity contribution is 6.08. The summed E-state index contributed by atoms with van der Waals surface area (Å²) in [4.78, 5) is 28.6. The summed E-state index contributed by atoms with van der Waals surface area (Å²) in [6, 6.07) is 20.6. The highest BCUT2D eigenvalue weighted by atomic mass is 16.5. The molecule has 3 aromatic rings. The Kier molecular flexibility index (Phi) is 8.44. The molecular weight excluding hydrogens is 454 g/mol. The molecule has 7 nitrogen and oxygen atoms in total. The molecule has 1 heterocycles. The lowest BCUT2D eigenvalue weighted by Crippen LogP contribution is -2.33. The summed E-state index contributed by atoms with van der Waals surface area (Å²) >= 11 is 0. The highest BCUT2D eigenvalue weighted by Gasteiger charge is 2.20. The Morgan fingerprint density at radius 2 is 1.61 bits per heavy atom. The molecular formula is C29H33N3O4. The van der Waals surface area contributed by atoms with Crippen LogP contribution in [0.1, 0.15) is 45.5 Å². The van der Waals surface area contributed by atoms with E-state index in [-0.39, 0.29) is 11.8 Å². The van der Waals surface area contributed by atoms with Gasteiger partial charge >= 0.3 is 0 Å². The van der Waals surface area contributed by atoms with E-state index in [1.54, 1.807) is 31.4 Å². The first-order valence-electron chi connectivity index (χ1n) is 12.3. The van der Waals surface area contributed by atoms with Crippen LogP contribution < -0.4 is 25.0 Å². The Labute approximate surface area is 212 Å². The number of methoxy groups -OCH3 is 2. The molecule has 0 spiro atoms. The first-order valence-corrected chi connectivity index (χ1v) is 12.3. The summed E-state index contributed by atoms with van der Waals surface area (Å²) in [5.74, 6) is 0.541. The van der Waals surface area contributed by atoms with E-state index >= 15 is 0 Å². The minimum atomic E-state index is -0.323. The standard InChI is InChI=1S/C29H33N3O4/c1-35-23-12-13-24(27(20-23)36-2)29(34)31-22-11-14-26(32-17-7-4-8-18-32)25(19-22)28(33)30-16-15-21-9-5-3-6-10-21/h3,5-6,9-14,19-20H,4,7-8,15-18H2,1-2H3,(H,30,33)(H,31,34). The molecule has 2 N–H and O–H groups in total. The molecule has 4 rings (SSSR count). The zero-order valence-electron chi connectivity index (χ0n) is 20.9. The second-order valence-corrected chi connectivity index (χ2v) is 8.79. The van der Waals surface area contributed by atoms with E-state index in [0.717, 1.165) is 38.0 Å².